The van der Waals surface area contributed by atoms with Gasteiger partial charge in [0, 0.05) is 10.8 Å². The normalized spacial score (nSPS) is 15.1. The van der Waals surface area contributed by atoms with Crippen molar-refractivity contribution in [2.45, 2.75) is 0 Å². The van der Waals surface area contributed by atoms with Crippen LogP contribution in [0.4, 0.5) is 0 Å². The van der Waals surface area contributed by atoms with E-state index < -0.39 is 77.6 Å². The van der Waals surface area contributed by atoms with Crippen LogP contribution in [-0.4, -0.2) is 0 Å². The maximum Gasteiger partial charge on any atom is 0.136 e. The Morgan fingerprint density at radius 3 is 1.72 bits per heavy atom. The SMILES string of the molecule is [2H]c1c([2H])c(-c2c3ccccc3c(-c3cccc4oc5cc6ccccc6cc5c34)c3ccccc23)c([2H])c([2H])c1-c1c([2H])c([2H])c2c([2H])c([2H])c([2H])c([2H])c2c1[2H]. The van der Waals surface area contributed by atoms with Crippen LogP contribution in [0, 0.1) is 0 Å². The molecule has 0 radical (unpaired) electrons. The zero-order chi connectivity index (χ0) is 40.5. The molecule has 1 nitrogen and oxygen atoms in total. The molecule has 1 heterocycles. The van der Waals surface area contributed by atoms with E-state index in [1.54, 1.807) is 0 Å². The quantitative estimate of drug-likeness (QED) is 0.182. The monoisotopic (exact) mass is 607 g/mol. The molecule has 0 N–H and O–H groups in total. The summed E-state index contributed by atoms with van der Waals surface area (Å²) in [7, 11) is 0. The average Bonchev–Trinajstić information content (AvgIpc) is 3.60. The smallest absolute Gasteiger partial charge is 0.136 e. The van der Waals surface area contributed by atoms with E-state index in [2.05, 4.69) is 30.3 Å². The van der Waals surface area contributed by atoms with Gasteiger partial charge in [0.1, 0.15) is 11.2 Å². The molecule has 0 aliphatic rings. The Morgan fingerprint density at radius 2 is 1.00 bits per heavy atom. The predicted molar refractivity (Wildman–Crippen MR) is 200 cm³/mol. The molecule has 0 spiro atoms. The van der Waals surface area contributed by atoms with Gasteiger partial charge >= 0.3 is 0 Å². The summed E-state index contributed by atoms with van der Waals surface area (Å²) in [4.78, 5) is 0. The van der Waals surface area contributed by atoms with Gasteiger partial charge in [-0.25, -0.2) is 0 Å². The number of hydrogen-bond acceptors (Lipinski definition) is 1. The molecule has 0 bridgehead atoms. The van der Waals surface area contributed by atoms with E-state index in [-0.39, 0.29) is 16.3 Å². The van der Waals surface area contributed by atoms with Crippen LogP contribution in [0.25, 0.3) is 98.4 Å². The topological polar surface area (TPSA) is 13.1 Å². The number of hydrogen-bond donors (Lipinski definition) is 0. The second-order valence-corrected chi connectivity index (χ2v) is 11.6. The molecule has 0 aliphatic carbocycles. The van der Waals surface area contributed by atoms with Gasteiger partial charge < -0.3 is 4.42 Å². The summed E-state index contributed by atoms with van der Waals surface area (Å²) in [5.41, 5.74) is 2.99. The molecule has 1 aromatic heterocycles. The molecule has 0 saturated heterocycles. The summed E-state index contributed by atoms with van der Waals surface area (Å²) in [6.07, 6.45) is 0. The third-order valence-electron chi connectivity index (χ3n) is 8.94. The lowest BCUT2D eigenvalue weighted by molar-refractivity contribution is 0.669. The van der Waals surface area contributed by atoms with Gasteiger partial charge in [0.05, 0.1) is 15.1 Å². The number of fused-ring (bicyclic) bond motifs is 7. The van der Waals surface area contributed by atoms with Crippen molar-refractivity contribution >= 4 is 65.0 Å². The van der Waals surface area contributed by atoms with Crippen molar-refractivity contribution in [2.75, 3.05) is 0 Å². The van der Waals surface area contributed by atoms with E-state index in [0.717, 1.165) is 54.6 Å². The lowest BCUT2D eigenvalue weighted by Gasteiger charge is -2.18. The highest BCUT2D eigenvalue weighted by Crippen LogP contribution is 2.47. The first kappa shape index (κ1) is 17.5. The number of benzene rings is 9. The lowest BCUT2D eigenvalue weighted by Crippen LogP contribution is -1.91. The maximum absolute atomic E-state index is 9.47. The first-order valence-electron chi connectivity index (χ1n) is 20.8. The number of furan rings is 1. The van der Waals surface area contributed by atoms with Crippen LogP contribution >= 0.6 is 0 Å². The predicted octanol–water partition coefficient (Wildman–Crippen LogP) is 13.2. The lowest BCUT2D eigenvalue weighted by atomic mass is 9.84. The van der Waals surface area contributed by atoms with E-state index in [0.29, 0.717) is 16.3 Å². The second-order valence-electron chi connectivity index (χ2n) is 11.6. The van der Waals surface area contributed by atoms with Crippen LogP contribution in [0.5, 0.6) is 0 Å². The molecule has 1 heteroatoms. The minimum Gasteiger partial charge on any atom is -0.456 e. The van der Waals surface area contributed by atoms with Crippen molar-refractivity contribution in [3.63, 3.8) is 0 Å². The Bertz CT molecular complexity index is 3390. The Morgan fingerprint density at radius 1 is 0.404 bits per heavy atom. The Kier molecular flexibility index (Phi) is 3.79. The van der Waals surface area contributed by atoms with E-state index >= 15 is 0 Å². The summed E-state index contributed by atoms with van der Waals surface area (Å²) in [5, 5.41) is 6.36. The summed E-state index contributed by atoms with van der Waals surface area (Å²) in [6.45, 7) is 0. The molecule has 0 amide bonds. The molecule has 0 unspecified atom stereocenters. The maximum atomic E-state index is 9.47. The molecular weight excluding hydrogens is 569 g/mol. The first-order valence-corrected chi connectivity index (χ1v) is 15.3. The summed E-state index contributed by atoms with van der Waals surface area (Å²) >= 11 is 0. The first-order chi connectivity index (χ1) is 27.9. The van der Waals surface area contributed by atoms with Gasteiger partial charge in [-0.1, -0.05) is 145 Å². The van der Waals surface area contributed by atoms with Gasteiger partial charge in [0.25, 0.3) is 0 Å². The highest BCUT2D eigenvalue weighted by atomic mass is 16.3. The fraction of sp³-hybridized carbons (Fsp3) is 0. The summed E-state index contributed by atoms with van der Waals surface area (Å²) in [5.74, 6) is 0. The van der Waals surface area contributed by atoms with Crippen molar-refractivity contribution in [3.05, 3.63) is 170 Å². The zero-order valence-electron chi connectivity index (χ0n) is 35.7. The van der Waals surface area contributed by atoms with Crippen molar-refractivity contribution in [2.24, 2.45) is 0 Å². The fourth-order valence-electron chi connectivity index (χ4n) is 6.88. The second kappa shape index (κ2) is 10.2. The van der Waals surface area contributed by atoms with Gasteiger partial charge in [-0.15, -0.1) is 0 Å². The van der Waals surface area contributed by atoms with E-state index in [1.165, 1.54) is 0 Å². The van der Waals surface area contributed by atoms with Crippen LogP contribution in [0.2, 0.25) is 0 Å². The van der Waals surface area contributed by atoms with Crippen LogP contribution in [-0.2, 0) is 0 Å². The molecule has 0 fully saturated rings. The van der Waals surface area contributed by atoms with Gasteiger partial charge in [-0.2, -0.15) is 0 Å². The van der Waals surface area contributed by atoms with E-state index in [1.807, 2.05) is 72.8 Å². The standard InChI is InChI=1S/C46H28O/c1-2-11-32-26-35(25-22-29(32)10-1)30-20-23-31(24-21-30)44-36-14-5-7-16-38(36)45(39-17-8-6-15-37(39)44)40-18-9-19-42-46(40)41-27-33-12-3-4-13-34(33)28-43(41)47-42/h1-28H/i1D,2D,10D,11D,20D,21D,22D,23D,24D,25D,26D. The molecular formula is C46H28O. The van der Waals surface area contributed by atoms with Gasteiger partial charge in [0.15, 0.2) is 0 Å². The highest BCUT2D eigenvalue weighted by molar-refractivity contribution is 6.26. The highest BCUT2D eigenvalue weighted by Gasteiger charge is 2.20. The Hall–Kier alpha value is -6.18. The molecule has 10 rings (SSSR count). The zero-order valence-corrected chi connectivity index (χ0v) is 24.7. The van der Waals surface area contributed by atoms with Gasteiger partial charge in [-0.05, 0) is 101 Å². The molecule has 0 aliphatic heterocycles. The van der Waals surface area contributed by atoms with Gasteiger partial charge in [-0.3, -0.25) is 0 Å². The molecule has 0 saturated carbocycles. The third kappa shape index (κ3) is 4.03. The Balaban J connectivity index is 1.28. The summed E-state index contributed by atoms with van der Waals surface area (Å²) in [6, 6.07) is 27.5. The van der Waals surface area contributed by atoms with Crippen molar-refractivity contribution in [3.8, 4) is 33.4 Å². The molecule has 9 aromatic carbocycles. The minimum atomic E-state index is -0.634. The molecule has 0 atom stereocenters. The average molecular weight is 608 g/mol. The Labute approximate surface area is 287 Å². The molecule has 47 heavy (non-hydrogen) atoms. The van der Waals surface area contributed by atoms with Crippen molar-refractivity contribution in [1.29, 1.82) is 0 Å². The third-order valence-corrected chi connectivity index (χ3v) is 8.94. The van der Waals surface area contributed by atoms with Crippen LogP contribution < -0.4 is 0 Å². The fourth-order valence-corrected chi connectivity index (χ4v) is 6.88. The van der Waals surface area contributed by atoms with E-state index in [4.69, 9.17) is 14.0 Å². The minimum absolute atomic E-state index is 0.0167. The molecule has 218 valence electrons. The van der Waals surface area contributed by atoms with Crippen LogP contribution in [0.15, 0.2) is 174 Å². The van der Waals surface area contributed by atoms with E-state index in [9.17, 15) is 5.48 Å². The van der Waals surface area contributed by atoms with Crippen LogP contribution in [0.3, 0.4) is 0 Å². The number of rotatable bonds is 3. The largest absolute Gasteiger partial charge is 0.456 e. The molecule has 10 aromatic rings. The van der Waals surface area contributed by atoms with Gasteiger partial charge in [0.2, 0.25) is 0 Å². The van der Waals surface area contributed by atoms with Crippen molar-refractivity contribution < 1.29 is 19.5 Å². The van der Waals surface area contributed by atoms with Crippen LogP contribution in [0.1, 0.15) is 15.1 Å². The summed E-state index contributed by atoms with van der Waals surface area (Å²) < 4.78 is 104. The van der Waals surface area contributed by atoms with Crippen molar-refractivity contribution in [1.82, 2.24) is 0 Å².